The minimum Gasteiger partial charge on any atom is -0.508 e. The predicted molar refractivity (Wildman–Crippen MR) is 90.1 cm³/mol. The molecule has 2 aromatic carbocycles. The van der Waals surface area contributed by atoms with E-state index < -0.39 is 0 Å². The Balaban J connectivity index is 1.99. The summed E-state index contributed by atoms with van der Waals surface area (Å²) in [5, 5.41) is 9.90. The van der Waals surface area contributed by atoms with Gasteiger partial charge in [0.25, 0.3) is 0 Å². The number of amides is 1. The quantitative estimate of drug-likeness (QED) is 0.827. The van der Waals surface area contributed by atoms with Crippen LogP contribution in [-0.4, -0.2) is 22.6 Å². The number of carbonyl (C=O) groups excluding carboxylic acids is 1. The minimum atomic E-state index is -0.356. The van der Waals surface area contributed by atoms with Crippen LogP contribution < -0.4 is 0 Å². The van der Waals surface area contributed by atoms with E-state index in [2.05, 4.69) is 6.92 Å². The summed E-state index contributed by atoms with van der Waals surface area (Å²) in [6, 6.07) is 16.7. The fourth-order valence-electron chi connectivity index (χ4n) is 2.24. The maximum absolute atomic E-state index is 12.4. The van der Waals surface area contributed by atoms with E-state index in [1.165, 1.54) is 0 Å². The third-order valence-corrected chi connectivity index (χ3v) is 3.60. The van der Waals surface area contributed by atoms with Crippen LogP contribution >= 0.6 is 0 Å². The number of unbranched alkanes of at least 4 members (excludes halogenated alkanes) is 1. The molecule has 0 saturated carbocycles. The fourth-order valence-corrected chi connectivity index (χ4v) is 2.24. The molecule has 0 atom stereocenters. The number of rotatable bonds is 7. The Bertz CT molecular complexity index is 613. The first-order chi connectivity index (χ1) is 11.2. The van der Waals surface area contributed by atoms with Crippen LogP contribution in [0.2, 0.25) is 0 Å². The second kappa shape index (κ2) is 8.83. The molecule has 0 bridgehead atoms. The van der Waals surface area contributed by atoms with E-state index in [9.17, 15) is 9.90 Å². The minimum absolute atomic E-state index is 0.199. The lowest BCUT2D eigenvalue weighted by molar-refractivity contribution is 0.0929. The molecule has 0 fully saturated rings. The second-order valence-electron chi connectivity index (χ2n) is 5.44. The van der Waals surface area contributed by atoms with Crippen LogP contribution in [0.1, 0.15) is 30.9 Å². The van der Waals surface area contributed by atoms with Crippen LogP contribution in [0.25, 0.3) is 0 Å². The van der Waals surface area contributed by atoms with Gasteiger partial charge < -0.3 is 14.7 Å². The number of aromatic hydroxyl groups is 1. The maximum Gasteiger partial charge on any atom is 0.410 e. The van der Waals surface area contributed by atoms with Gasteiger partial charge in [-0.05, 0) is 18.1 Å². The monoisotopic (exact) mass is 313 g/mol. The molecule has 0 aliphatic carbocycles. The molecule has 0 aromatic heterocycles. The molecule has 0 aliphatic rings. The number of carbonyl (C=O) groups is 1. The van der Waals surface area contributed by atoms with Crippen molar-refractivity contribution in [3.8, 4) is 5.75 Å². The van der Waals surface area contributed by atoms with Crippen LogP contribution in [0.4, 0.5) is 4.79 Å². The lowest BCUT2D eigenvalue weighted by Crippen LogP contribution is -2.32. The van der Waals surface area contributed by atoms with Crippen LogP contribution in [0.3, 0.4) is 0 Å². The highest BCUT2D eigenvalue weighted by Crippen LogP contribution is 2.18. The van der Waals surface area contributed by atoms with Gasteiger partial charge in [-0.1, -0.05) is 61.9 Å². The predicted octanol–water partition coefficient (Wildman–Crippen LogP) is 4.33. The van der Waals surface area contributed by atoms with Crippen molar-refractivity contribution in [1.82, 2.24) is 4.90 Å². The lowest BCUT2D eigenvalue weighted by atomic mass is 10.2. The molecule has 4 nitrogen and oxygen atoms in total. The molecule has 2 aromatic rings. The number of phenolic OH excluding ortho intramolecular Hbond substituents is 1. The van der Waals surface area contributed by atoms with Crippen LogP contribution in [-0.2, 0) is 17.9 Å². The summed E-state index contributed by atoms with van der Waals surface area (Å²) in [4.78, 5) is 14.0. The van der Waals surface area contributed by atoms with Gasteiger partial charge in [-0.3, -0.25) is 0 Å². The summed E-state index contributed by atoms with van der Waals surface area (Å²) < 4.78 is 5.40. The van der Waals surface area contributed by atoms with Gasteiger partial charge >= 0.3 is 6.09 Å². The highest BCUT2D eigenvalue weighted by atomic mass is 16.6. The molecular formula is C19H23NO3. The first kappa shape index (κ1) is 16.9. The molecule has 23 heavy (non-hydrogen) atoms. The SMILES string of the molecule is CCCCN(Cc1ccccc1O)C(=O)OCc1ccccc1. The van der Waals surface area contributed by atoms with Gasteiger partial charge in [0.15, 0.2) is 0 Å². The van der Waals surface area contributed by atoms with Gasteiger partial charge in [-0.2, -0.15) is 0 Å². The highest BCUT2D eigenvalue weighted by Gasteiger charge is 2.16. The lowest BCUT2D eigenvalue weighted by Gasteiger charge is -2.22. The smallest absolute Gasteiger partial charge is 0.410 e. The Morgan fingerprint density at radius 2 is 1.78 bits per heavy atom. The molecule has 1 N–H and O–H groups in total. The number of hydrogen-bond acceptors (Lipinski definition) is 3. The maximum atomic E-state index is 12.4. The van der Waals surface area contributed by atoms with Crippen molar-refractivity contribution >= 4 is 6.09 Å². The third kappa shape index (κ3) is 5.33. The first-order valence-corrected chi connectivity index (χ1v) is 7.93. The van der Waals surface area contributed by atoms with Crippen molar-refractivity contribution in [2.75, 3.05) is 6.54 Å². The number of phenols is 1. The summed E-state index contributed by atoms with van der Waals surface area (Å²) in [5.41, 5.74) is 1.68. The largest absolute Gasteiger partial charge is 0.508 e. The molecule has 0 saturated heterocycles. The van der Waals surface area contributed by atoms with Crippen molar-refractivity contribution in [2.24, 2.45) is 0 Å². The highest BCUT2D eigenvalue weighted by molar-refractivity contribution is 5.67. The van der Waals surface area contributed by atoms with Crippen molar-refractivity contribution in [1.29, 1.82) is 0 Å². The van der Waals surface area contributed by atoms with E-state index >= 15 is 0 Å². The standard InChI is InChI=1S/C19H23NO3/c1-2-3-13-20(14-17-11-7-8-12-18(17)21)19(22)23-15-16-9-5-4-6-10-16/h4-12,21H,2-3,13-15H2,1H3. The number of nitrogens with zero attached hydrogens (tertiary/aromatic N) is 1. The van der Waals surface area contributed by atoms with Crippen LogP contribution in [0.15, 0.2) is 54.6 Å². The Hall–Kier alpha value is -2.49. The van der Waals surface area contributed by atoms with Gasteiger partial charge in [-0.15, -0.1) is 0 Å². The molecule has 122 valence electrons. The molecule has 1 amide bonds. The molecule has 4 heteroatoms. The molecule has 2 rings (SSSR count). The zero-order chi connectivity index (χ0) is 16.5. The topological polar surface area (TPSA) is 49.8 Å². The van der Waals surface area contributed by atoms with Crippen molar-refractivity contribution < 1.29 is 14.6 Å². The summed E-state index contributed by atoms with van der Waals surface area (Å²) in [5.74, 6) is 0.199. The molecule has 0 aliphatic heterocycles. The first-order valence-electron chi connectivity index (χ1n) is 7.93. The zero-order valence-electron chi connectivity index (χ0n) is 13.4. The number of para-hydroxylation sites is 1. The van der Waals surface area contributed by atoms with Gasteiger partial charge in [0, 0.05) is 12.1 Å². The van der Waals surface area contributed by atoms with Gasteiger partial charge in [0.1, 0.15) is 12.4 Å². The molecule has 0 radical (unpaired) electrons. The number of ether oxygens (including phenoxy) is 1. The molecular weight excluding hydrogens is 290 g/mol. The molecule has 0 heterocycles. The van der Waals surface area contributed by atoms with E-state index in [0.29, 0.717) is 13.1 Å². The van der Waals surface area contributed by atoms with Gasteiger partial charge in [0.05, 0.1) is 6.54 Å². The van der Waals surface area contributed by atoms with Crippen LogP contribution in [0, 0.1) is 0 Å². The molecule has 0 unspecified atom stereocenters. The number of hydrogen-bond donors (Lipinski definition) is 1. The average Bonchev–Trinajstić information content (AvgIpc) is 2.59. The van der Waals surface area contributed by atoms with E-state index in [0.717, 1.165) is 24.0 Å². The van der Waals surface area contributed by atoms with E-state index in [-0.39, 0.29) is 18.4 Å². The Labute approximate surface area is 137 Å². The Morgan fingerprint density at radius 3 is 2.48 bits per heavy atom. The second-order valence-corrected chi connectivity index (χ2v) is 5.44. The summed E-state index contributed by atoms with van der Waals surface area (Å²) >= 11 is 0. The van der Waals surface area contributed by atoms with Gasteiger partial charge in [-0.25, -0.2) is 4.79 Å². The Kier molecular flexibility index (Phi) is 6.48. The van der Waals surface area contributed by atoms with E-state index in [1.54, 1.807) is 17.0 Å². The van der Waals surface area contributed by atoms with Crippen LogP contribution in [0.5, 0.6) is 5.75 Å². The summed E-state index contributed by atoms with van der Waals surface area (Å²) in [7, 11) is 0. The average molecular weight is 313 g/mol. The fraction of sp³-hybridized carbons (Fsp3) is 0.316. The van der Waals surface area contributed by atoms with Gasteiger partial charge in [0.2, 0.25) is 0 Å². The number of benzene rings is 2. The van der Waals surface area contributed by atoms with Crippen molar-refractivity contribution in [2.45, 2.75) is 32.9 Å². The Morgan fingerprint density at radius 1 is 1.09 bits per heavy atom. The normalized spacial score (nSPS) is 10.3. The zero-order valence-corrected chi connectivity index (χ0v) is 13.4. The molecule has 0 spiro atoms. The summed E-state index contributed by atoms with van der Waals surface area (Å²) in [6.07, 6.45) is 1.53. The van der Waals surface area contributed by atoms with E-state index in [4.69, 9.17) is 4.74 Å². The third-order valence-electron chi connectivity index (χ3n) is 3.60. The van der Waals surface area contributed by atoms with Crippen molar-refractivity contribution in [3.05, 3.63) is 65.7 Å². The summed E-state index contributed by atoms with van der Waals surface area (Å²) in [6.45, 7) is 3.29. The van der Waals surface area contributed by atoms with Crippen molar-refractivity contribution in [3.63, 3.8) is 0 Å². The van der Waals surface area contributed by atoms with E-state index in [1.807, 2.05) is 42.5 Å².